The number of benzene rings is 3. The molecule has 1 N–H and O–H groups in total. The van der Waals surface area contributed by atoms with Crippen molar-refractivity contribution in [3.05, 3.63) is 88.2 Å². The lowest BCUT2D eigenvalue weighted by Gasteiger charge is -2.09. The van der Waals surface area contributed by atoms with Gasteiger partial charge in [-0.1, -0.05) is 29.3 Å². The molecule has 6 nitrogen and oxygen atoms in total. The van der Waals surface area contributed by atoms with Crippen LogP contribution in [0.1, 0.15) is 16.2 Å². The Kier molecular flexibility index (Phi) is 5.93. The lowest BCUT2D eigenvalue weighted by atomic mass is 10.2. The fourth-order valence-corrected chi connectivity index (χ4v) is 3.33. The number of rotatable bonds is 5. The summed E-state index contributed by atoms with van der Waals surface area (Å²) in [5, 5.41) is 8.46. The number of anilines is 1. The van der Waals surface area contributed by atoms with E-state index in [2.05, 4.69) is 15.4 Å². The zero-order valence-electron chi connectivity index (χ0n) is 16.8. The summed E-state index contributed by atoms with van der Waals surface area (Å²) in [5.74, 6) is 0.794. The van der Waals surface area contributed by atoms with Crippen LogP contribution in [-0.4, -0.2) is 27.8 Å². The van der Waals surface area contributed by atoms with E-state index in [1.807, 2.05) is 25.1 Å². The Labute approximate surface area is 189 Å². The predicted molar refractivity (Wildman–Crippen MR) is 122 cm³/mol. The summed E-state index contributed by atoms with van der Waals surface area (Å²) in [6.45, 7) is 1.94. The molecule has 0 spiro atoms. The zero-order chi connectivity index (χ0) is 22.0. The SMILES string of the molecule is COc1ccc(NC(=O)c2nc(-c3ccc(Cl)cc3)n(-c3cc(Cl)ccc3C)n2)cc1. The van der Waals surface area contributed by atoms with Crippen LogP contribution < -0.4 is 10.1 Å². The second-order valence-corrected chi connectivity index (χ2v) is 7.66. The number of hydrogen-bond donors (Lipinski definition) is 1. The number of nitrogens with one attached hydrogen (secondary N) is 1. The van der Waals surface area contributed by atoms with Crippen LogP contribution in [-0.2, 0) is 0 Å². The number of methoxy groups -OCH3 is 1. The van der Waals surface area contributed by atoms with Crippen molar-refractivity contribution in [2.75, 3.05) is 12.4 Å². The summed E-state index contributed by atoms with van der Waals surface area (Å²) in [5.41, 5.74) is 3.04. The van der Waals surface area contributed by atoms with E-state index in [0.29, 0.717) is 27.3 Å². The molecule has 3 aromatic carbocycles. The molecule has 0 atom stereocenters. The summed E-state index contributed by atoms with van der Waals surface area (Å²) in [6, 6.07) is 19.7. The van der Waals surface area contributed by atoms with Crippen molar-refractivity contribution in [2.45, 2.75) is 6.92 Å². The first-order valence-electron chi connectivity index (χ1n) is 9.39. The highest BCUT2D eigenvalue weighted by Crippen LogP contribution is 2.27. The number of amides is 1. The molecule has 0 bridgehead atoms. The van der Waals surface area contributed by atoms with Crippen LogP contribution in [0.2, 0.25) is 10.0 Å². The average molecular weight is 453 g/mol. The highest BCUT2D eigenvalue weighted by molar-refractivity contribution is 6.31. The van der Waals surface area contributed by atoms with Gasteiger partial charge in [-0.15, -0.1) is 5.10 Å². The molecule has 0 aliphatic heterocycles. The molecule has 4 rings (SSSR count). The summed E-state index contributed by atoms with van der Waals surface area (Å²) in [6.07, 6.45) is 0. The van der Waals surface area contributed by atoms with E-state index in [0.717, 1.165) is 16.8 Å². The van der Waals surface area contributed by atoms with Gasteiger partial charge in [0.2, 0.25) is 5.82 Å². The molecule has 0 aliphatic carbocycles. The first-order chi connectivity index (χ1) is 14.9. The average Bonchev–Trinajstić information content (AvgIpc) is 3.22. The van der Waals surface area contributed by atoms with Gasteiger partial charge in [0, 0.05) is 21.3 Å². The Balaban J connectivity index is 1.76. The minimum Gasteiger partial charge on any atom is -0.497 e. The molecule has 0 radical (unpaired) electrons. The Morgan fingerprint density at radius 1 is 0.968 bits per heavy atom. The molecule has 0 unspecified atom stereocenters. The maximum atomic E-state index is 12.9. The number of aromatic nitrogens is 3. The van der Waals surface area contributed by atoms with Crippen molar-refractivity contribution in [3.63, 3.8) is 0 Å². The van der Waals surface area contributed by atoms with Gasteiger partial charge in [-0.05, 0) is 73.2 Å². The second kappa shape index (κ2) is 8.79. The van der Waals surface area contributed by atoms with Crippen molar-refractivity contribution in [1.82, 2.24) is 14.8 Å². The first-order valence-corrected chi connectivity index (χ1v) is 10.1. The van der Waals surface area contributed by atoms with Gasteiger partial charge in [0.1, 0.15) is 5.75 Å². The lowest BCUT2D eigenvalue weighted by molar-refractivity contribution is 0.101. The Bertz CT molecular complexity index is 1240. The molecular weight excluding hydrogens is 435 g/mol. The van der Waals surface area contributed by atoms with Gasteiger partial charge >= 0.3 is 0 Å². The van der Waals surface area contributed by atoms with Crippen molar-refractivity contribution in [3.8, 4) is 22.8 Å². The minimum atomic E-state index is -0.432. The van der Waals surface area contributed by atoms with E-state index in [1.165, 1.54) is 0 Å². The van der Waals surface area contributed by atoms with Crippen molar-refractivity contribution < 1.29 is 9.53 Å². The van der Waals surface area contributed by atoms with Crippen molar-refractivity contribution in [1.29, 1.82) is 0 Å². The quantitative estimate of drug-likeness (QED) is 0.414. The number of halogens is 2. The van der Waals surface area contributed by atoms with Crippen LogP contribution in [0.4, 0.5) is 5.69 Å². The fourth-order valence-electron chi connectivity index (χ4n) is 3.03. The standard InChI is InChI=1S/C23H18Cl2N4O2/c1-14-3-6-17(25)13-20(14)29-22(15-4-7-16(24)8-5-15)27-21(28-29)23(30)26-18-9-11-19(31-2)12-10-18/h3-13H,1-2H3,(H,26,30). The summed E-state index contributed by atoms with van der Waals surface area (Å²) < 4.78 is 6.76. The molecule has 8 heteroatoms. The molecule has 1 amide bonds. The van der Waals surface area contributed by atoms with Crippen molar-refractivity contribution in [2.24, 2.45) is 0 Å². The fraction of sp³-hybridized carbons (Fsp3) is 0.0870. The number of hydrogen-bond acceptors (Lipinski definition) is 4. The van der Waals surface area contributed by atoms with E-state index in [1.54, 1.807) is 60.3 Å². The largest absolute Gasteiger partial charge is 0.497 e. The number of carbonyl (C=O) groups is 1. The Morgan fingerprint density at radius 2 is 1.65 bits per heavy atom. The molecule has 1 aromatic heterocycles. The molecule has 1 heterocycles. The van der Waals surface area contributed by atoms with E-state index in [9.17, 15) is 4.79 Å². The second-order valence-electron chi connectivity index (χ2n) is 6.79. The third-order valence-electron chi connectivity index (χ3n) is 4.66. The predicted octanol–water partition coefficient (Wildman–Crippen LogP) is 5.81. The normalized spacial score (nSPS) is 10.7. The molecule has 0 saturated carbocycles. The van der Waals surface area contributed by atoms with Crippen LogP contribution in [0.15, 0.2) is 66.7 Å². The van der Waals surface area contributed by atoms with E-state index >= 15 is 0 Å². The van der Waals surface area contributed by atoms with Gasteiger partial charge in [0.15, 0.2) is 5.82 Å². The molecule has 0 aliphatic rings. The summed E-state index contributed by atoms with van der Waals surface area (Å²) in [7, 11) is 1.58. The zero-order valence-corrected chi connectivity index (χ0v) is 18.3. The molecular formula is C23H18Cl2N4O2. The number of ether oxygens (including phenoxy) is 1. The van der Waals surface area contributed by atoms with Crippen LogP contribution in [0, 0.1) is 6.92 Å². The number of nitrogens with zero attached hydrogens (tertiary/aromatic N) is 3. The van der Waals surface area contributed by atoms with E-state index in [-0.39, 0.29) is 5.82 Å². The van der Waals surface area contributed by atoms with Gasteiger partial charge in [0.05, 0.1) is 12.8 Å². The molecule has 4 aromatic rings. The number of aryl methyl sites for hydroxylation is 1. The van der Waals surface area contributed by atoms with Gasteiger partial charge in [-0.25, -0.2) is 9.67 Å². The van der Waals surface area contributed by atoms with Gasteiger partial charge in [-0.3, -0.25) is 4.79 Å². The van der Waals surface area contributed by atoms with Crippen molar-refractivity contribution >= 4 is 34.8 Å². The minimum absolute atomic E-state index is 0.0279. The summed E-state index contributed by atoms with van der Waals surface area (Å²) >= 11 is 12.3. The van der Waals surface area contributed by atoms with E-state index in [4.69, 9.17) is 27.9 Å². The van der Waals surface area contributed by atoms with Crippen LogP contribution >= 0.6 is 23.2 Å². The van der Waals surface area contributed by atoms with Gasteiger partial charge in [-0.2, -0.15) is 0 Å². The topological polar surface area (TPSA) is 69.0 Å². The third kappa shape index (κ3) is 4.55. The first kappa shape index (κ1) is 20.9. The van der Waals surface area contributed by atoms with Crippen LogP contribution in [0.5, 0.6) is 5.75 Å². The highest BCUT2D eigenvalue weighted by atomic mass is 35.5. The number of carbonyl (C=O) groups excluding carboxylic acids is 1. The molecule has 0 saturated heterocycles. The summed E-state index contributed by atoms with van der Waals surface area (Å²) in [4.78, 5) is 17.4. The van der Waals surface area contributed by atoms with Crippen LogP contribution in [0.3, 0.4) is 0 Å². The Morgan fingerprint density at radius 3 is 2.32 bits per heavy atom. The van der Waals surface area contributed by atoms with Gasteiger partial charge in [0.25, 0.3) is 5.91 Å². The molecule has 156 valence electrons. The highest BCUT2D eigenvalue weighted by Gasteiger charge is 2.20. The molecule has 0 fully saturated rings. The smallest absolute Gasteiger partial charge is 0.295 e. The van der Waals surface area contributed by atoms with Crippen LogP contribution in [0.25, 0.3) is 17.1 Å². The monoisotopic (exact) mass is 452 g/mol. The van der Waals surface area contributed by atoms with E-state index < -0.39 is 5.91 Å². The lowest BCUT2D eigenvalue weighted by Crippen LogP contribution is -2.14. The molecule has 31 heavy (non-hydrogen) atoms. The maximum Gasteiger partial charge on any atom is 0.295 e. The Hall–Kier alpha value is -3.35. The third-order valence-corrected chi connectivity index (χ3v) is 5.15. The maximum absolute atomic E-state index is 12.9. The van der Waals surface area contributed by atoms with Gasteiger partial charge < -0.3 is 10.1 Å².